The van der Waals surface area contributed by atoms with E-state index in [1.54, 1.807) is 12.1 Å². The van der Waals surface area contributed by atoms with Gasteiger partial charge in [-0.05, 0) is 42.0 Å². The van der Waals surface area contributed by atoms with Crippen LogP contribution in [0.5, 0.6) is 0 Å². The van der Waals surface area contributed by atoms with Crippen molar-refractivity contribution < 1.29 is 15.7 Å². The summed E-state index contributed by atoms with van der Waals surface area (Å²) in [5, 5.41) is 3.56. The highest BCUT2D eigenvalue weighted by molar-refractivity contribution is 6.10. The minimum absolute atomic E-state index is 0.0897. The fourth-order valence-electron chi connectivity index (χ4n) is 5.73. The van der Waals surface area contributed by atoms with Crippen LogP contribution in [0, 0.1) is 0 Å². The lowest BCUT2D eigenvalue weighted by atomic mass is 10.0. The van der Waals surface area contributed by atoms with Crippen LogP contribution in [0.1, 0.15) is 6.85 Å². The molecule has 0 aliphatic heterocycles. The van der Waals surface area contributed by atoms with Crippen LogP contribution in [-0.2, 0) is 0 Å². The van der Waals surface area contributed by atoms with Crippen molar-refractivity contribution in [1.29, 1.82) is 0 Å². The first-order chi connectivity index (χ1) is 23.9. The number of aromatic nitrogens is 3. The number of rotatable bonds is 4. The van der Waals surface area contributed by atoms with E-state index in [1.807, 2.05) is 97.1 Å². The third kappa shape index (κ3) is 3.98. The summed E-state index contributed by atoms with van der Waals surface area (Å²) in [5.41, 5.74) is 5.42. The number of hydrogen-bond donors (Lipinski definition) is 0. The summed E-state index contributed by atoms with van der Waals surface area (Å²) in [7, 11) is 0. The Hall–Kier alpha value is -6.07. The molecule has 0 saturated heterocycles. The largest absolute Gasteiger partial charge is 0.456 e. The molecule has 9 aromatic rings. The van der Waals surface area contributed by atoms with Crippen molar-refractivity contribution in [3.05, 3.63) is 139 Å². The number of para-hydroxylation sites is 2. The van der Waals surface area contributed by atoms with Gasteiger partial charge in [0.2, 0.25) is 0 Å². The maximum atomic E-state index is 8.54. The molecular formula is C39H23N3O2. The van der Waals surface area contributed by atoms with Crippen molar-refractivity contribution in [3.8, 4) is 45.3 Å². The standard InChI is InChI=1S/C39H23N3O2/c1-3-10-24(11-4-1)28-15-9-16-31-32-22-26(19-21-34(32)44-36(28)31)38-40-37(25-12-5-2-6-13-25)41-39(42-38)27-18-20-30-29-14-7-8-17-33(29)43-35(30)23-27/h1-23H/i1D,3D,4D,10D,11D. The summed E-state index contributed by atoms with van der Waals surface area (Å²) in [6, 6.07) is 32.9. The molecular weight excluding hydrogens is 542 g/mol. The van der Waals surface area contributed by atoms with E-state index in [1.165, 1.54) is 0 Å². The van der Waals surface area contributed by atoms with Gasteiger partial charge < -0.3 is 8.83 Å². The van der Waals surface area contributed by atoms with Gasteiger partial charge in [-0.15, -0.1) is 0 Å². The predicted octanol–water partition coefficient (Wildman–Crippen LogP) is 10.3. The van der Waals surface area contributed by atoms with Crippen molar-refractivity contribution in [2.24, 2.45) is 0 Å². The smallest absolute Gasteiger partial charge is 0.164 e. The Morgan fingerprint density at radius 1 is 0.432 bits per heavy atom. The maximum absolute atomic E-state index is 8.54. The van der Waals surface area contributed by atoms with Crippen molar-refractivity contribution in [2.45, 2.75) is 0 Å². The van der Waals surface area contributed by atoms with Crippen molar-refractivity contribution >= 4 is 43.9 Å². The molecule has 0 bridgehead atoms. The van der Waals surface area contributed by atoms with Crippen LogP contribution < -0.4 is 0 Å². The van der Waals surface area contributed by atoms with E-state index < -0.39 is 18.1 Å². The van der Waals surface area contributed by atoms with Gasteiger partial charge in [0.05, 0.1) is 6.85 Å². The van der Waals surface area contributed by atoms with E-state index in [9.17, 15) is 0 Å². The van der Waals surface area contributed by atoms with Gasteiger partial charge in [-0.1, -0.05) is 103 Å². The summed E-state index contributed by atoms with van der Waals surface area (Å²) in [6.45, 7) is 0. The molecule has 5 nitrogen and oxygen atoms in total. The number of furan rings is 2. The Kier molecular flexibility index (Phi) is 4.42. The van der Waals surface area contributed by atoms with Crippen LogP contribution >= 0.6 is 0 Å². The zero-order chi connectivity index (χ0) is 33.4. The molecule has 0 radical (unpaired) electrons. The lowest BCUT2D eigenvalue weighted by Gasteiger charge is -2.08. The topological polar surface area (TPSA) is 65.0 Å². The molecule has 0 unspecified atom stereocenters. The molecule has 5 heteroatoms. The Morgan fingerprint density at radius 3 is 1.93 bits per heavy atom. The minimum atomic E-state index is -0.440. The van der Waals surface area contributed by atoms with Gasteiger partial charge in [-0.3, -0.25) is 0 Å². The Labute approximate surface area is 259 Å². The number of hydrogen-bond acceptors (Lipinski definition) is 5. The lowest BCUT2D eigenvalue weighted by molar-refractivity contribution is 0.669. The third-order valence-corrected chi connectivity index (χ3v) is 7.83. The normalized spacial score (nSPS) is 13.2. The molecule has 3 heterocycles. The quantitative estimate of drug-likeness (QED) is 0.211. The highest BCUT2D eigenvalue weighted by Crippen LogP contribution is 2.38. The van der Waals surface area contributed by atoms with Gasteiger partial charge in [-0.2, -0.15) is 0 Å². The fraction of sp³-hybridized carbons (Fsp3) is 0. The Morgan fingerprint density at radius 2 is 1.09 bits per heavy atom. The zero-order valence-corrected chi connectivity index (χ0v) is 23.1. The van der Waals surface area contributed by atoms with Crippen LogP contribution in [0.4, 0.5) is 0 Å². The second kappa shape index (κ2) is 9.75. The summed E-state index contributed by atoms with van der Waals surface area (Å²) >= 11 is 0. The molecule has 206 valence electrons. The summed E-state index contributed by atoms with van der Waals surface area (Å²) in [5.74, 6) is 1.48. The monoisotopic (exact) mass is 570 g/mol. The molecule has 44 heavy (non-hydrogen) atoms. The molecule has 0 fully saturated rings. The average molecular weight is 571 g/mol. The molecule has 0 atom stereocenters. The van der Waals surface area contributed by atoms with E-state index >= 15 is 0 Å². The van der Waals surface area contributed by atoms with E-state index in [0.717, 1.165) is 49.4 Å². The highest BCUT2D eigenvalue weighted by atomic mass is 16.3. The molecule has 0 N–H and O–H groups in total. The van der Waals surface area contributed by atoms with Crippen LogP contribution in [0.25, 0.3) is 89.2 Å². The van der Waals surface area contributed by atoms with E-state index in [2.05, 4.69) is 0 Å². The second-order valence-corrected chi connectivity index (χ2v) is 10.5. The third-order valence-electron chi connectivity index (χ3n) is 7.83. The number of benzene rings is 6. The Balaban J connectivity index is 1.22. The maximum Gasteiger partial charge on any atom is 0.164 e. The fourth-order valence-corrected chi connectivity index (χ4v) is 5.73. The molecule has 3 aromatic heterocycles. The predicted molar refractivity (Wildman–Crippen MR) is 176 cm³/mol. The van der Waals surface area contributed by atoms with Crippen molar-refractivity contribution in [2.75, 3.05) is 0 Å². The van der Waals surface area contributed by atoms with Gasteiger partial charge in [0, 0.05) is 43.8 Å². The molecule has 6 aromatic carbocycles. The zero-order valence-electron chi connectivity index (χ0n) is 28.1. The van der Waals surface area contributed by atoms with Crippen LogP contribution in [-0.4, -0.2) is 15.0 Å². The number of fused-ring (bicyclic) bond motifs is 6. The lowest BCUT2D eigenvalue weighted by Crippen LogP contribution is -2.00. The molecule has 9 rings (SSSR count). The first-order valence-corrected chi connectivity index (χ1v) is 14.1. The van der Waals surface area contributed by atoms with E-state index in [0.29, 0.717) is 34.2 Å². The first kappa shape index (κ1) is 19.9. The Bertz CT molecular complexity index is 2760. The van der Waals surface area contributed by atoms with Crippen LogP contribution in [0.2, 0.25) is 0 Å². The van der Waals surface area contributed by atoms with Crippen molar-refractivity contribution in [3.63, 3.8) is 0 Å². The SMILES string of the molecule is [2H]c1c([2H])c([2H])c(-c2cccc3c2oc2ccc(-c4nc(-c5ccccc5)nc(-c5ccc6c(c5)oc5ccccc56)n4)cc23)c([2H])c1[2H]. The summed E-state index contributed by atoms with van der Waals surface area (Å²) in [4.78, 5) is 14.7. The molecule has 0 aliphatic rings. The van der Waals surface area contributed by atoms with Gasteiger partial charge in [0.25, 0.3) is 0 Å². The van der Waals surface area contributed by atoms with Gasteiger partial charge in [0.1, 0.15) is 22.3 Å². The van der Waals surface area contributed by atoms with Crippen LogP contribution in [0.15, 0.2) is 148 Å². The van der Waals surface area contributed by atoms with Gasteiger partial charge >= 0.3 is 0 Å². The van der Waals surface area contributed by atoms with Gasteiger partial charge in [-0.25, -0.2) is 15.0 Å². The first-order valence-electron chi connectivity index (χ1n) is 16.6. The minimum Gasteiger partial charge on any atom is -0.456 e. The summed E-state index contributed by atoms with van der Waals surface area (Å²) < 4.78 is 53.9. The summed E-state index contributed by atoms with van der Waals surface area (Å²) in [6.07, 6.45) is 0. The van der Waals surface area contributed by atoms with E-state index in [4.69, 9.17) is 30.6 Å². The van der Waals surface area contributed by atoms with Gasteiger partial charge in [0.15, 0.2) is 17.5 Å². The van der Waals surface area contributed by atoms with Crippen molar-refractivity contribution in [1.82, 2.24) is 15.0 Å². The molecule has 0 aliphatic carbocycles. The number of nitrogens with zero attached hydrogens (tertiary/aromatic N) is 3. The second-order valence-electron chi connectivity index (χ2n) is 10.5. The highest BCUT2D eigenvalue weighted by Gasteiger charge is 2.17. The molecule has 0 amide bonds. The van der Waals surface area contributed by atoms with Crippen LogP contribution in [0.3, 0.4) is 0 Å². The van der Waals surface area contributed by atoms with E-state index in [-0.39, 0.29) is 17.6 Å². The molecule has 0 spiro atoms. The molecule has 0 saturated carbocycles. The average Bonchev–Trinajstić information content (AvgIpc) is 3.71.